The second-order valence-electron chi connectivity index (χ2n) is 6.09. The van der Waals surface area contributed by atoms with E-state index >= 15 is 0 Å². The lowest BCUT2D eigenvalue weighted by Gasteiger charge is -2.19. The quantitative estimate of drug-likeness (QED) is 0.729. The Labute approximate surface area is 126 Å². The summed E-state index contributed by atoms with van der Waals surface area (Å²) in [5.74, 6) is 0.996. The zero-order valence-corrected chi connectivity index (χ0v) is 14.1. The van der Waals surface area contributed by atoms with Gasteiger partial charge in [0.2, 0.25) is 0 Å². The summed E-state index contributed by atoms with van der Waals surface area (Å²) in [5, 5.41) is 3.42. The van der Waals surface area contributed by atoms with E-state index in [1.807, 2.05) is 6.07 Å². The molecule has 108 valence electrons. The molecular weight excluding hydrogens is 302 g/mol. The smallest absolute Gasteiger partial charge is 0.123 e. The number of hydrogen-bond donors (Lipinski definition) is 1. The van der Waals surface area contributed by atoms with Crippen LogP contribution in [0.15, 0.2) is 22.7 Å². The van der Waals surface area contributed by atoms with Gasteiger partial charge < -0.3 is 10.1 Å². The summed E-state index contributed by atoms with van der Waals surface area (Å²) in [6.07, 6.45) is 2.21. The van der Waals surface area contributed by atoms with E-state index in [0.717, 1.165) is 42.8 Å². The van der Waals surface area contributed by atoms with Gasteiger partial charge in [-0.3, -0.25) is 0 Å². The third-order valence-corrected chi connectivity index (χ3v) is 3.37. The molecule has 0 atom stereocenters. The minimum atomic E-state index is 0.315. The molecule has 0 heterocycles. The van der Waals surface area contributed by atoms with Crippen LogP contribution >= 0.6 is 15.9 Å². The highest BCUT2D eigenvalue weighted by atomic mass is 79.9. The van der Waals surface area contributed by atoms with Crippen LogP contribution in [0.2, 0.25) is 0 Å². The van der Waals surface area contributed by atoms with Gasteiger partial charge in [0.15, 0.2) is 0 Å². The lowest BCUT2D eigenvalue weighted by atomic mass is 9.93. The van der Waals surface area contributed by atoms with Gasteiger partial charge in [0.05, 0.1) is 6.61 Å². The van der Waals surface area contributed by atoms with Gasteiger partial charge in [0.25, 0.3) is 0 Å². The molecule has 0 aromatic heterocycles. The lowest BCUT2D eigenvalue weighted by molar-refractivity contribution is 0.241. The predicted octanol–water partition coefficient (Wildman–Crippen LogP) is 4.76. The van der Waals surface area contributed by atoms with E-state index in [-0.39, 0.29) is 0 Å². The third-order valence-electron chi connectivity index (χ3n) is 2.87. The largest absolute Gasteiger partial charge is 0.493 e. The van der Waals surface area contributed by atoms with E-state index in [9.17, 15) is 0 Å². The highest BCUT2D eigenvalue weighted by Crippen LogP contribution is 2.25. The van der Waals surface area contributed by atoms with Crippen molar-refractivity contribution in [1.29, 1.82) is 0 Å². The van der Waals surface area contributed by atoms with E-state index in [4.69, 9.17) is 4.74 Å². The molecule has 1 N–H and O–H groups in total. The maximum absolute atomic E-state index is 5.94. The second kappa shape index (κ2) is 7.91. The molecule has 1 aromatic carbocycles. The van der Waals surface area contributed by atoms with Crippen molar-refractivity contribution in [3.05, 3.63) is 28.2 Å². The first-order chi connectivity index (χ1) is 8.92. The van der Waals surface area contributed by atoms with Crippen LogP contribution in [0.1, 0.15) is 46.1 Å². The molecule has 0 bridgehead atoms. The third kappa shape index (κ3) is 6.98. The van der Waals surface area contributed by atoms with Gasteiger partial charge in [-0.15, -0.1) is 0 Å². The maximum Gasteiger partial charge on any atom is 0.123 e. The van der Waals surface area contributed by atoms with Crippen LogP contribution in [0, 0.1) is 5.41 Å². The average Bonchev–Trinajstić information content (AvgIpc) is 2.30. The van der Waals surface area contributed by atoms with Crippen LogP contribution in [-0.4, -0.2) is 13.2 Å². The van der Waals surface area contributed by atoms with Crippen molar-refractivity contribution in [1.82, 2.24) is 5.32 Å². The fraction of sp³-hybridized carbons (Fsp3) is 0.625. The molecule has 0 fully saturated rings. The van der Waals surface area contributed by atoms with Crippen molar-refractivity contribution in [3.63, 3.8) is 0 Å². The van der Waals surface area contributed by atoms with Crippen molar-refractivity contribution < 1.29 is 4.74 Å². The van der Waals surface area contributed by atoms with Gasteiger partial charge in [0, 0.05) is 16.6 Å². The summed E-state index contributed by atoms with van der Waals surface area (Å²) in [6.45, 7) is 11.6. The zero-order valence-electron chi connectivity index (χ0n) is 12.6. The fourth-order valence-corrected chi connectivity index (χ4v) is 2.10. The predicted molar refractivity (Wildman–Crippen MR) is 85.7 cm³/mol. The van der Waals surface area contributed by atoms with Crippen LogP contribution in [0.5, 0.6) is 5.75 Å². The Morgan fingerprint density at radius 1 is 1.26 bits per heavy atom. The highest BCUT2D eigenvalue weighted by Gasteiger charge is 2.11. The Hall–Kier alpha value is -0.540. The summed E-state index contributed by atoms with van der Waals surface area (Å²) in [4.78, 5) is 0. The van der Waals surface area contributed by atoms with Crippen molar-refractivity contribution in [2.45, 2.75) is 47.1 Å². The number of benzene rings is 1. The van der Waals surface area contributed by atoms with Crippen LogP contribution in [-0.2, 0) is 6.54 Å². The van der Waals surface area contributed by atoms with E-state index in [1.165, 1.54) is 5.56 Å². The molecule has 1 aromatic rings. The molecule has 0 aliphatic heterocycles. The van der Waals surface area contributed by atoms with E-state index < -0.39 is 0 Å². The Bertz CT molecular complexity index is 385. The van der Waals surface area contributed by atoms with E-state index in [0.29, 0.717) is 5.41 Å². The SMILES string of the molecule is CCCNCc1cc(Br)ccc1OCCC(C)(C)C. The number of hydrogen-bond acceptors (Lipinski definition) is 2. The molecule has 3 heteroatoms. The van der Waals surface area contributed by atoms with Gasteiger partial charge in [0.1, 0.15) is 5.75 Å². The number of ether oxygens (including phenoxy) is 1. The molecule has 0 unspecified atom stereocenters. The van der Waals surface area contributed by atoms with Gasteiger partial charge in [-0.1, -0.05) is 43.6 Å². The molecule has 2 nitrogen and oxygen atoms in total. The first-order valence-electron chi connectivity index (χ1n) is 7.04. The number of nitrogens with one attached hydrogen (secondary N) is 1. The highest BCUT2D eigenvalue weighted by molar-refractivity contribution is 9.10. The van der Waals surface area contributed by atoms with Crippen molar-refractivity contribution in [2.24, 2.45) is 5.41 Å². The normalized spacial score (nSPS) is 11.6. The lowest BCUT2D eigenvalue weighted by Crippen LogP contribution is -2.16. The Morgan fingerprint density at radius 2 is 2.00 bits per heavy atom. The van der Waals surface area contributed by atoms with Crippen LogP contribution in [0.3, 0.4) is 0 Å². The summed E-state index contributed by atoms with van der Waals surface area (Å²) < 4.78 is 7.04. The second-order valence-corrected chi connectivity index (χ2v) is 7.00. The molecule has 0 amide bonds. The Kier molecular flexibility index (Phi) is 6.87. The average molecular weight is 328 g/mol. The van der Waals surface area contributed by atoms with Gasteiger partial charge in [-0.05, 0) is 43.0 Å². The molecule has 0 saturated heterocycles. The summed E-state index contributed by atoms with van der Waals surface area (Å²) in [7, 11) is 0. The Balaban J connectivity index is 2.60. The van der Waals surface area contributed by atoms with Crippen LogP contribution in [0.4, 0.5) is 0 Å². The Morgan fingerprint density at radius 3 is 2.63 bits per heavy atom. The first-order valence-corrected chi connectivity index (χ1v) is 7.83. The molecule has 0 radical (unpaired) electrons. The number of rotatable bonds is 7. The topological polar surface area (TPSA) is 21.3 Å². The molecule has 19 heavy (non-hydrogen) atoms. The van der Waals surface area contributed by atoms with Crippen LogP contribution in [0.25, 0.3) is 0 Å². The minimum absolute atomic E-state index is 0.315. The first kappa shape index (κ1) is 16.5. The molecule has 0 aliphatic carbocycles. The van der Waals surface area contributed by atoms with E-state index in [2.05, 4.69) is 61.1 Å². The number of halogens is 1. The van der Waals surface area contributed by atoms with Gasteiger partial charge >= 0.3 is 0 Å². The standard InChI is InChI=1S/C16H26BrNO/c1-5-9-18-12-13-11-14(17)6-7-15(13)19-10-8-16(2,3)4/h6-7,11,18H,5,8-10,12H2,1-4H3. The molecule has 0 aliphatic rings. The molecule has 1 rings (SSSR count). The zero-order chi connectivity index (χ0) is 14.3. The summed E-state index contributed by atoms with van der Waals surface area (Å²) in [6, 6.07) is 6.22. The maximum atomic E-state index is 5.94. The summed E-state index contributed by atoms with van der Waals surface area (Å²) >= 11 is 3.52. The monoisotopic (exact) mass is 327 g/mol. The van der Waals surface area contributed by atoms with Crippen LogP contribution < -0.4 is 10.1 Å². The van der Waals surface area contributed by atoms with E-state index in [1.54, 1.807) is 0 Å². The molecule has 0 spiro atoms. The van der Waals surface area contributed by atoms with Crippen molar-refractivity contribution in [3.8, 4) is 5.75 Å². The van der Waals surface area contributed by atoms with Crippen molar-refractivity contribution in [2.75, 3.05) is 13.2 Å². The molecular formula is C16H26BrNO. The minimum Gasteiger partial charge on any atom is -0.493 e. The molecule has 0 saturated carbocycles. The van der Waals surface area contributed by atoms with Crippen molar-refractivity contribution >= 4 is 15.9 Å². The van der Waals surface area contributed by atoms with Gasteiger partial charge in [-0.25, -0.2) is 0 Å². The van der Waals surface area contributed by atoms with Gasteiger partial charge in [-0.2, -0.15) is 0 Å². The fourth-order valence-electron chi connectivity index (χ4n) is 1.69. The summed E-state index contributed by atoms with van der Waals surface area (Å²) in [5.41, 5.74) is 1.53.